The summed E-state index contributed by atoms with van der Waals surface area (Å²) in [5, 5.41) is 9.76. The second kappa shape index (κ2) is 12.0. The van der Waals surface area contributed by atoms with Gasteiger partial charge in [-0.3, -0.25) is 4.79 Å². The third-order valence-electron chi connectivity index (χ3n) is 5.52. The van der Waals surface area contributed by atoms with Crippen LogP contribution in [0.3, 0.4) is 0 Å². The van der Waals surface area contributed by atoms with Gasteiger partial charge in [-0.2, -0.15) is 39.5 Å². The van der Waals surface area contributed by atoms with Gasteiger partial charge in [-0.1, -0.05) is 27.7 Å². The quantitative estimate of drug-likeness (QED) is 0.181. The molecule has 0 radical (unpaired) electrons. The first kappa shape index (κ1) is 34.7. The van der Waals surface area contributed by atoms with E-state index in [1.807, 2.05) is 0 Å². The Hall–Kier alpha value is -2.30. The lowest BCUT2D eigenvalue weighted by atomic mass is 9.66. The molecule has 8 nitrogen and oxygen atoms in total. The summed E-state index contributed by atoms with van der Waals surface area (Å²) in [4.78, 5) is 36.5. The highest BCUT2D eigenvalue weighted by atomic mass is 19.4. The predicted molar refractivity (Wildman–Crippen MR) is 103 cm³/mol. The molecule has 0 saturated heterocycles. The van der Waals surface area contributed by atoms with Crippen LogP contribution in [0.2, 0.25) is 0 Å². The monoisotopic (exact) mass is 566 g/mol. The average Bonchev–Trinajstić information content (AvgIpc) is 2.69. The summed E-state index contributed by atoms with van der Waals surface area (Å²) in [7, 11) is 0. The summed E-state index contributed by atoms with van der Waals surface area (Å²) in [6.45, 7) is 6.90. The van der Waals surface area contributed by atoms with E-state index in [0.29, 0.717) is 0 Å². The van der Waals surface area contributed by atoms with Crippen LogP contribution in [-0.2, 0) is 33.3 Å². The van der Waals surface area contributed by atoms with Crippen molar-refractivity contribution >= 4 is 17.9 Å². The normalized spacial score (nSPS) is 17.4. The van der Waals surface area contributed by atoms with Crippen molar-refractivity contribution in [1.29, 1.82) is 0 Å². The van der Waals surface area contributed by atoms with Gasteiger partial charge in [-0.15, -0.1) is 0 Å². The van der Waals surface area contributed by atoms with Crippen LogP contribution in [-0.4, -0.2) is 72.8 Å². The molecule has 0 spiro atoms. The molecule has 1 N–H and O–H groups in total. The Balaban J connectivity index is 5.86. The molecule has 0 aliphatic carbocycles. The summed E-state index contributed by atoms with van der Waals surface area (Å²) >= 11 is 0. The minimum atomic E-state index is -6.24. The molecule has 0 aromatic rings. The van der Waals surface area contributed by atoms with Gasteiger partial charge in [0, 0.05) is 0 Å². The van der Waals surface area contributed by atoms with E-state index in [9.17, 15) is 59.0 Å². The van der Waals surface area contributed by atoms with Crippen molar-refractivity contribution in [1.82, 2.24) is 0 Å². The second-order valence-corrected chi connectivity index (χ2v) is 9.03. The Labute approximate surface area is 205 Å². The first-order valence-electron chi connectivity index (χ1n) is 10.4. The Bertz CT molecular complexity index is 788. The zero-order valence-corrected chi connectivity index (χ0v) is 20.4. The smallest absolute Gasteiger partial charge is 0.434 e. The molecule has 0 heterocycles. The standard InChI is InChI=1S/C20H27F9O8/c1-7-17(6,16(3,4)5)15(33)34-8-10(30)36-11(12(31)35-9(2)18(21,22)23)13(32)37-14(19(24,25)26)20(27,28)29/h9,11-12,14,31H,7-8H2,1-6H3. The van der Waals surface area contributed by atoms with E-state index in [2.05, 4.69) is 14.2 Å². The first-order chi connectivity index (χ1) is 16.3. The lowest BCUT2D eigenvalue weighted by molar-refractivity contribution is -0.319. The lowest BCUT2D eigenvalue weighted by Gasteiger charge is -2.38. The number of esters is 3. The molecule has 0 amide bonds. The molecular formula is C20H27F9O8. The third kappa shape index (κ3) is 9.83. The van der Waals surface area contributed by atoms with Gasteiger partial charge >= 0.3 is 36.4 Å². The van der Waals surface area contributed by atoms with Gasteiger partial charge in [0.1, 0.15) is 0 Å². The largest absolute Gasteiger partial charge is 0.453 e. The maximum absolute atomic E-state index is 12.7. The Kier molecular flexibility index (Phi) is 11.3. The molecule has 37 heavy (non-hydrogen) atoms. The predicted octanol–water partition coefficient (Wildman–Crippen LogP) is 4.23. The fraction of sp³-hybridized carbons (Fsp3) is 0.850. The summed E-state index contributed by atoms with van der Waals surface area (Å²) in [5.41, 5.74) is -1.93. The Morgan fingerprint density at radius 1 is 0.811 bits per heavy atom. The number of rotatable bonds is 10. The van der Waals surface area contributed by atoms with E-state index in [4.69, 9.17) is 4.74 Å². The van der Waals surface area contributed by atoms with Gasteiger partial charge in [0.15, 0.2) is 12.7 Å². The molecule has 0 aromatic carbocycles. The summed E-state index contributed by atoms with van der Waals surface area (Å²) in [6.07, 6.45) is -31.7. The van der Waals surface area contributed by atoms with E-state index in [1.54, 1.807) is 27.7 Å². The number of halogens is 9. The third-order valence-corrected chi connectivity index (χ3v) is 5.52. The zero-order chi connectivity index (χ0) is 29.8. The van der Waals surface area contributed by atoms with Crippen LogP contribution in [0.1, 0.15) is 48.0 Å². The maximum Gasteiger partial charge on any atom is 0.434 e. The SMILES string of the molecule is CCC(C)(C(=O)OCC(=O)OC(C(=O)OC(C(F)(F)F)C(F)(F)F)C(O)OC(C)C(F)(F)F)C(C)(C)C. The van der Waals surface area contributed by atoms with Crippen LogP contribution in [0.15, 0.2) is 0 Å². The highest BCUT2D eigenvalue weighted by Gasteiger charge is 2.61. The molecular weight excluding hydrogens is 539 g/mol. The topological polar surface area (TPSA) is 108 Å². The number of alkyl halides is 9. The van der Waals surface area contributed by atoms with Crippen molar-refractivity contribution in [2.24, 2.45) is 10.8 Å². The molecule has 0 aliphatic rings. The molecule has 4 atom stereocenters. The van der Waals surface area contributed by atoms with Gasteiger partial charge in [0.2, 0.25) is 12.4 Å². The number of carbonyl (C=O) groups excluding carboxylic acids is 3. The molecule has 0 fully saturated rings. The fourth-order valence-corrected chi connectivity index (χ4v) is 2.52. The molecule has 218 valence electrons. The summed E-state index contributed by atoms with van der Waals surface area (Å²) in [5.74, 6) is -5.56. The van der Waals surface area contributed by atoms with Crippen LogP contribution >= 0.6 is 0 Å². The molecule has 0 rings (SSSR count). The highest BCUT2D eigenvalue weighted by Crippen LogP contribution is 2.42. The minimum Gasteiger partial charge on any atom is -0.453 e. The average molecular weight is 566 g/mol. The van der Waals surface area contributed by atoms with Crippen molar-refractivity contribution < 1.29 is 78.0 Å². The molecule has 0 saturated carbocycles. The summed E-state index contributed by atoms with van der Waals surface area (Å²) < 4.78 is 131. The van der Waals surface area contributed by atoms with Crippen molar-refractivity contribution in [3.8, 4) is 0 Å². The lowest BCUT2D eigenvalue weighted by Crippen LogP contribution is -2.51. The van der Waals surface area contributed by atoms with Gasteiger partial charge in [0.05, 0.1) is 5.41 Å². The van der Waals surface area contributed by atoms with E-state index < -0.39 is 78.5 Å². The zero-order valence-electron chi connectivity index (χ0n) is 20.4. The van der Waals surface area contributed by atoms with E-state index in [-0.39, 0.29) is 13.3 Å². The van der Waals surface area contributed by atoms with Gasteiger partial charge in [-0.25, -0.2) is 9.59 Å². The number of carbonyl (C=O) groups is 3. The van der Waals surface area contributed by atoms with Crippen LogP contribution in [0.4, 0.5) is 39.5 Å². The first-order valence-corrected chi connectivity index (χ1v) is 10.4. The Morgan fingerprint density at radius 2 is 1.27 bits per heavy atom. The van der Waals surface area contributed by atoms with E-state index in [0.717, 1.165) is 0 Å². The van der Waals surface area contributed by atoms with Crippen LogP contribution in [0.5, 0.6) is 0 Å². The minimum absolute atomic E-state index is 0.192. The van der Waals surface area contributed by atoms with Crippen LogP contribution in [0.25, 0.3) is 0 Å². The van der Waals surface area contributed by atoms with Crippen LogP contribution in [0, 0.1) is 10.8 Å². The number of aliphatic hydroxyl groups is 1. The van der Waals surface area contributed by atoms with Gasteiger partial charge < -0.3 is 24.1 Å². The van der Waals surface area contributed by atoms with Crippen LogP contribution < -0.4 is 0 Å². The molecule has 17 heteroatoms. The fourth-order valence-electron chi connectivity index (χ4n) is 2.52. The second-order valence-electron chi connectivity index (χ2n) is 9.03. The number of hydrogen-bond donors (Lipinski definition) is 1. The van der Waals surface area contributed by atoms with Crippen molar-refractivity contribution in [2.45, 2.75) is 91.1 Å². The Morgan fingerprint density at radius 3 is 1.62 bits per heavy atom. The molecule has 0 aliphatic heterocycles. The van der Waals surface area contributed by atoms with Crippen molar-refractivity contribution in [3.63, 3.8) is 0 Å². The molecule has 4 unspecified atom stereocenters. The van der Waals surface area contributed by atoms with Gasteiger partial charge in [0.25, 0.3) is 6.10 Å². The molecule has 0 aromatic heterocycles. The van der Waals surface area contributed by atoms with Gasteiger partial charge in [-0.05, 0) is 25.7 Å². The number of ether oxygens (including phenoxy) is 4. The molecule has 0 bridgehead atoms. The van der Waals surface area contributed by atoms with E-state index >= 15 is 0 Å². The number of hydrogen-bond acceptors (Lipinski definition) is 8. The van der Waals surface area contributed by atoms with Crippen molar-refractivity contribution in [2.75, 3.05) is 6.61 Å². The highest BCUT2D eigenvalue weighted by molar-refractivity contribution is 5.83. The summed E-state index contributed by atoms with van der Waals surface area (Å²) in [6, 6.07) is 0. The maximum atomic E-state index is 12.7. The van der Waals surface area contributed by atoms with Crippen molar-refractivity contribution in [3.05, 3.63) is 0 Å². The number of aliphatic hydroxyl groups excluding tert-OH is 1. The van der Waals surface area contributed by atoms with E-state index in [1.165, 1.54) is 6.92 Å².